The summed E-state index contributed by atoms with van der Waals surface area (Å²) >= 11 is 0. The molecule has 1 aliphatic carbocycles. The van der Waals surface area contributed by atoms with E-state index < -0.39 is 0 Å². The molecule has 0 atom stereocenters. The summed E-state index contributed by atoms with van der Waals surface area (Å²) in [7, 11) is 0. The quantitative estimate of drug-likeness (QED) is 0.783. The number of carbonyl (C=O) groups excluding carboxylic acids is 2. The second-order valence-electron chi connectivity index (χ2n) is 6.93. The van der Waals surface area contributed by atoms with E-state index in [0.717, 1.165) is 32.4 Å². The van der Waals surface area contributed by atoms with E-state index in [1.807, 2.05) is 9.80 Å². The fraction of sp³-hybridized carbons (Fsp3) is 0.889. The van der Waals surface area contributed by atoms with Crippen molar-refractivity contribution >= 4 is 11.8 Å². The summed E-state index contributed by atoms with van der Waals surface area (Å²) in [6.45, 7) is 7.03. The standard InChI is InChI=1S/C18H32N2O2/c1-3-16(4-2)18(22)20-12-10-19(11-13-20)17(21)14-15-8-6-5-7-9-15/h15-16H,3-14H2,1-2H3. The van der Waals surface area contributed by atoms with E-state index in [1.54, 1.807) is 0 Å². The second-order valence-corrected chi connectivity index (χ2v) is 6.93. The van der Waals surface area contributed by atoms with Crippen LogP contribution in [0.25, 0.3) is 0 Å². The largest absolute Gasteiger partial charge is 0.339 e. The predicted octanol–water partition coefficient (Wildman–Crippen LogP) is 3.06. The van der Waals surface area contributed by atoms with Gasteiger partial charge in [-0.05, 0) is 31.6 Å². The van der Waals surface area contributed by atoms with Crippen LogP contribution in [0, 0.1) is 11.8 Å². The van der Waals surface area contributed by atoms with E-state index in [4.69, 9.17) is 0 Å². The number of rotatable bonds is 5. The van der Waals surface area contributed by atoms with E-state index in [2.05, 4.69) is 13.8 Å². The van der Waals surface area contributed by atoms with Gasteiger partial charge in [0.25, 0.3) is 0 Å². The molecule has 0 aromatic carbocycles. The molecule has 0 radical (unpaired) electrons. The number of nitrogens with zero attached hydrogens (tertiary/aromatic N) is 2. The average Bonchev–Trinajstić information content (AvgIpc) is 2.57. The fourth-order valence-corrected chi connectivity index (χ4v) is 3.84. The van der Waals surface area contributed by atoms with Crippen LogP contribution < -0.4 is 0 Å². The van der Waals surface area contributed by atoms with Crippen molar-refractivity contribution in [2.75, 3.05) is 26.2 Å². The molecular formula is C18H32N2O2. The van der Waals surface area contributed by atoms with Crippen molar-refractivity contribution < 1.29 is 9.59 Å². The third-order valence-corrected chi connectivity index (χ3v) is 5.47. The molecule has 0 unspecified atom stereocenters. The number of carbonyl (C=O) groups is 2. The van der Waals surface area contributed by atoms with Crippen LogP contribution in [0.5, 0.6) is 0 Å². The van der Waals surface area contributed by atoms with Gasteiger partial charge in [-0.3, -0.25) is 9.59 Å². The lowest BCUT2D eigenvalue weighted by molar-refractivity contribution is -0.142. The highest BCUT2D eigenvalue weighted by Gasteiger charge is 2.28. The molecule has 2 fully saturated rings. The summed E-state index contributed by atoms with van der Waals surface area (Å²) in [4.78, 5) is 28.7. The normalized spacial score (nSPS) is 20.5. The molecule has 1 aliphatic heterocycles. The molecular weight excluding hydrogens is 276 g/mol. The van der Waals surface area contributed by atoms with Gasteiger partial charge in [0, 0.05) is 38.5 Å². The Hall–Kier alpha value is -1.06. The first-order chi connectivity index (χ1) is 10.7. The Morgan fingerprint density at radius 3 is 2.00 bits per heavy atom. The van der Waals surface area contributed by atoms with Crippen molar-refractivity contribution in [3.63, 3.8) is 0 Å². The van der Waals surface area contributed by atoms with Gasteiger partial charge in [0.1, 0.15) is 0 Å². The lowest BCUT2D eigenvalue weighted by atomic mass is 9.86. The molecule has 126 valence electrons. The van der Waals surface area contributed by atoms with Crippen LogP contribution in [0.4, 0.5) is 0 Å². The van der Waals surface area contributed by atoms with Gasteiger partial charge in [-0.25, -0.2) is 0 Å². The van der Waals surface area contributed by atoms with Crippen molar-refractivity contribution in [2.45, 2.75) is 65.2 Å². The highest BCUT2D eigenvalue weighted by Crippen LogP contribution is 2.27. The number of hydrogen-bond acceptors (Lipinski definition) is 2. The van der Waals surface area contributed by atoms with Crippen LogP contribution in [0.2, 0.25) is 0 Å². The number of piperazine rings is 1. The van der Waals surface area contributed by atoms with Crippen LogP contribution in [-0.2, 0) is 9.59 Å². The maximum atomic E-state index is 12.4. The Balaban J connectivity index is 1.76. The van der Waals surface area contributed by atoms with Gasteiger partial charge in [-0.1, -0.05) is 33.1 Å². The van der Waals surface area contributed by atoms with Gasteiger partial charge < -0.3 is 9.80 Å². The van der Waals surface area contributed by atoms with Crippen molar-refractivity contribution in [1.82, 2.24) is 9.80 Å². The second kappa shape index (κ2) is 8.54. The predicted molar refractivity (Wildman–Crippen MR) is 88.4 cm³/mol. The molecule has 1 saturated heterocycles. The summed E-state index contributed by atoms with van der Waals surface area (Å²) in [5.41, 5.74) is 0. The third-order valence-electron chi connectivity index (χ3n) is 5.47. The average molecular weight is 308 g/mol. The zero-order chi connectivity index (χ0) is 15.9. The molecule has 2 aliphatic rings. The van der Waals surface area contributed by atoms with E-state index in [1.165, 1.54) is 32.1 Å². The summed E-state index contributed by atoms with van der Waals surface area (Å²) < 4.78 is 0. The summed E-state index contributed by atoms with van der Waals surface area (Å²) in [5.74, 6) is 1.35. The van der Waals surface area contributed by atoms with Gasteiger partial charge in [-0.2, -0.15) is 0 Å². The minimum Gasteiger partial charge on any atom is -0.339 e. The molecule has 4 nitrogen and oxygen atoms in total. The Labute approximate surface area is 135 Å². The SMILES string of the molecule is CCC(CC)C(=O)N1CCN(C(=O)CC2CCCCC2)CC1. The molecule has 1 saturated carbocycles. The zero-order valence-corrected chi connectivity index (χ0v) is 14.4. The Morgan fingerprint density at radius 1 is 0.909 bits per heavy atom. The highest BCUT2D eigenvalue weighted by molar-refractivity contribution is 5.80. The molecule has 0 aromatic heterocycles. The molecule has 0 spiro atoms. The first kappa shape index (κ1) is 17.3. The topological polar surface area (TPSA) is 40.6 Å². The van der Waals surface area contributed by atoms with Crippen molar-refractivity contribution in [2.24, 2.45) is 11.8 Å². The maximum absolute atomic E-state index is 12.4. The van der Waals surface area contributed by atoms with E-state index in [9.17, 15) is 9.59 Å². The van der Waals surface area contributed by atoms with Gasteiger partial charge >= 0.3 is 0 Å². The Kier molecular flexibility index (Phi) is 6.71. The van der Waals surface area contributed by atoms with Crippen molar-refractivity contribution in [3.8, 4) is 0 Å². The van der Waals surface area contributed by atoms with E-state index in [-0.39, 0.29) is 11.8 Å². The first-order valence-corrected chi connectivity index (χ1v) is 9.22. The lowest BCUT2D eigenvalue weighted by Gasteiger charge is -2.37. The summed E-state index contributed by atoms with van der Waals surface area (Å²) in [6, 6.07) is 0. The van der Waals surface area contributed by atoms with Crippen molar-refractivity contribution in [3.05, 3.63) is 0 Å². The molecule has 1 heterocycles. The van der Waals surface area contributed by atoms with Crippen LogP contribution in [0.1, 0.15) is 65.2 Å². The zero-order valence-electron chi connectivity index (χ0n) is 14.4. The summed E-state index contributed by atoms with van der Waals surface area (Å²) in [5, 5.41) is 0. The lowest BCUT2D eigenvalue weighted by Crippen LogP contribution is -2.52. The number of amides is 2. The molecule has 0 aromatic rings. The number of hydrogen-bond donors (Lipinski definition) is 0. The van der Waals surface area contributed by atoms with Gasteiger partial charge in [-0.15, -0.1) is 0 Å². The van der Waals surface area contributed by atoms with E-state index >= 15 is 0 Å². The van der Waals surface area contributed by atoms with Crippen LogP contribution >= 0.6 is 0 Å². The monoisotopic (exact) mass is 308 g/mol. The van der Waals surface area contributed by atoms with Crippen molar-refractivity contribution in [1.29, 1.82) is 0 Å². The summed E-state index contributed by atoms with van der Waals surface area (Å²) in [6.07, 6.45) is 8.90. The van der Waals surface area contributed by atoms with Crippen LogP contribution in [0.15, 0.2) is 0 Å². The Morgan fingerprint density at radius 2 is 1.45 bits per heavy atom. The minimum absolute atomic E-state index is 0.157. The minimum atomic E-state index is 0.157. The Bertz CT molecular complexity index is 365. The molecule has 4 heteroatoms. The van der Waals surface area contributed by atoms with Crippen LogP contribution in [-0.4, -0.2) is 47.8 Å². The van der Waals surface area contributed by atoms with E-state index in [0.29, 0.717) is 24.9 Å². The van der Waals surface area contributed by atoms with Crippen LogP contribution in [0.3, 0.4) is 0 Å². The molecule has 0 bridgehead atoms. The van der Waals surface area contributed by atoms with Gasteiger partial charge in [0.15, 0.2) is 0 Å². The molecule has 2 amide bonds. The first-order valence-electron chi connectivity index (χ1n) is 9.22. The maximum Gasteiger partial charge on any atom is 0.225 e. The molecule has 2 rings (SSSR count). The van der Waals surface area contributed by atoms with Gasteiger partial charge in [0.2, 0.25) is 11.8 Å². The highest BCUT2D eigenvalue weighted by atomic mass is 16.2. The molecule has 22 heavy (non-hydrogen) atoms. The third kappa shape index (κ3) is 4.47. The van der Waals surface area contributed by atoms with Gasteiger partial charge in [0.05, 0.1) is 0 Å². The molecule has 0 N–H and O–H groups in total. The fourth-order valence-electron chi connectivity index (χ4n) is 3.84. The smallest absolute Gasteiger partial charge is 0.225 e.